The van der Waals surface area contributed by atoms with Crippen LogP contribution in [0.1, 0.15) is 22.5 Å². The summed E-state index contributed by atoms with van der Waals surface area (Å²) in [6, 6.07) is 9.32. The number of benzene rings is 2. The topological polar surface area (TPSA) is 82.1 Å². The maximum atomic E-state index is 13.9. The fraction of sp³-hybridized carbons (Fsp3) is 0.227. The second-order valence-corrected chi connectivity index (χ2v) is 8.59. The quantitative estimate of drug-likeness (QED) is 0.502. The SMILES string of the molecule is Cc1cccc2c(-c3nc(C(=O)N4CCC(O)C4)c(-c4ccc(F)c(F)c4)s3)[nH]nc12. The van der Waals surface area contributed by atoms with Crippen molar-refractivity contribution in [1.82, 2.24) is 20.1 Å². The summed E-state index contributed by atoms with van der Waals surface area (Å²) >= 11 is 1.21. The standard InChI is InChI=1S/C22H18F2N4O2S/c1-11-3-2-4-14-17(11)26-27-18(14)21-25-19(22(30)28-8-7-13(29)10-28)20(31-21)12-5-6-15(23)16(24)9-12/h2-6,9,13,29H,7-8,10H2,1H3,(H,26,27). The predicted octanol–water partition coefficient (Wildman–Crippen LogP) is 4.15. The number of aromatic nitrogens is 3. The molecule has 1 fully saturated rings. The number of β-amino-alcohol motifs (C(OH)–C–C–N with tert-alkyl or cyclic N) is 1. The molecule has 1 saturated heterocycles. The smallest absolute Gasteiger partial charge is 0.274 e. The molecule has 9 heteroatoms. The van der Waals surface area contributed by atoms with Gasteiger partial charge < -0.3 is 10.0 Å². The molecule has 2 aromatic carbocycles. The number of aromatic amines is 1. The van der Waals surface area contributed by atoms with Gasteiger partial charge in [-0.1, -0.05) is 24.3 Å². The monoisotopic (exact) mass is 440 g/mol. The Morgan fingerprint density at radius 3 is 2.84 bits per heavy atom. The van der Waals surface area contributed by atoms with E-state index < -0.39 is 17.7 Å². The predicted molar refractivity (Wildman–Crippen MR) is 114 cm³/mol. The number of fused-ring (bicyclic) bond motifs is 1. The van der Waals surface area contributed by atoms with Crippen molar-refractivity contribution in [3.63, 3.8) is 0 Å². The first-order chi connectivity index (χ1) is 14.9. The molecule has 0 saturated carbocycles. The number of hydrogen-bond donors (Lipinski definition) is 2. The van der Waals surface area contributed by atoms with Crippen LogP contribution in [-0.4, -0.2) is 50.3 Å². The summed E-state index contributed by atoms with van der Waals surface area (Å²) in [6.45, 7) is 2.58. The summed E-state index contributed by atoms with van der Waals surface area (Å²) in [4.78, 5) is 19.8. The van der Waals surface area contributed by atoms with E-state index >= 15 is 0 Å². The van der Waals surface area contributed by atoms with Gasteiger partial charge in [0.05, 0.1) is 16.5 Å². The van der Waals surface area contributed by atoms with Crippen LogP contribution >= 0.6 is 11.3 Å². The second kappa shape index (κ2) is 7.51. The van der Waals surface area contributed by atoms with Crippen molar-refractivity contribution in [2.75, 3.05) is 13.1 Å². The van der Waals surface area contributed by atoms with Crippen LogP contribution in [0, 0.1) is 18.6 Å². The lowest BCUT2D eigenvalue weighted by molar-refractivity contribution is 0.0761. The number of aryl methyl sites for hydroxylation is 1. The number of H-pyrrole nitrogens is 1. The Hall–Kier alpha value is -3.17. The molecule has 0 spiro atoms. The largest absolute Gasteiger partial charge is 0.391 e. The van der Waals surface area contributed by atoms with Crippen molar-refractivity contribution in [1.29, 1.82) is 0 Å². The van der Waals surface area contributed by atoms with Gasteiger partial charge in [-0.15, -0.1) is 11.3 Å². The first kappa shape index (κ1) is 19.8. The molecular formula is C22H18F2N4O2S. The number of carbonyl (C=O) groups is 1. The van der Waals surface area contributed by atoms with E-state index in [1.807, 2.05) is 25.1 Å². The van der Waals surface area contributed by atoms with E-state index in [4.69, 9.17) is 0 Å². The average molecular weight is 440 g/mol. The summed E-state index contributed by atoms with van der Waals surface area (Å²) in [5.74, 6) is -2.30. The Bertz CT molecular complexity index is 1320. The van der Waals surface area contributed by atoms with Crippen molar-refractivity contribution >= 4 is 28.1 Å². The van der Waals surface area contributed by atoms with Crippen LogP contribution in [0.15, 0.2) is 36.4 Å². The Labute approximate surface area is 180 Å². The summed E-state index contributed by atoms with van der Waals surface area (Å²) in [5.41, 5.74) is 2.98. The van der Waals surface area contributed by atoms with E-state index in [-0.39, 0.29) is 18.1 Å². The maximum absolute atomic E-state index is 13.9. The minimum Gasteiger partial charge on any atom is -0.391 e. The molecule has 1 atom stereocenters. The third-order valence-corrected chi connectivity index (χ3v) is 6.58. The number of para-hydroxylation sites is 1. The van der Waals surface area contributed by atoms with E-state index in [1.54, 1.807) is 0 Å². The van der Waals surface area contributed by atoms with Crippen molar-refractivity contribution in [3.05, 3.63) is 59.3 Å². The molecule has 1 aliphatic rings. The van der Waals surface area contributed by atoms with Gasteiger partial charge in [0.15, 0.2) is 11.6 Å². The molecule has 2 aromatic heterocycles. The zero-order valence-corrected chi connectivity index (χ0v) is 17.3. The van der Waals surface area contributed by atoms with Gasteiger partial charge in [0.25, 0.3) is 5.91 Å². The number of hydrogen-bond acceptors (Lipinski definition) is 5. The molecule has 5 rings (SSSR count). The normalized spacial score (nSPS) is 16.4. The number of likely N-dealkylation sites (tertiary alicyclic amines) is 1. The van der Waals surface area contributed by atoms with Crippen LogP contribution in [-0.2, 0) is 0 Å². The number of thiazole rings is 1. The van der Waals surface area contributed by atoms with Crippen molar-refractivity contribution in [2.24, 2.45) is 0 Å². The van der Waals surface area contributed by atoms with Crippen LogP contribution in [0.2, 0.25) is 0 Å². The molecule has 0 bridgehead atoms. The average Bonchev–Trinajstić information content (AvgIpc) is 3.47. The molecule has 2 N–H and O–H groups in total. The first-order valence-corrected chi connectivity index (χ1v) is 10.6. The van der Waals surface area contributed by atoms with Gasteiger partial charge >= 0.3 is 0 Å². The molecule has 158 valence electrons. The number of nitrogens with one attached hydrogen (secondary N) is 1. The van der Waals surface area contributed by atoms with Gasteiger partial charge in [-0.3, -0.25) is 9.89 Å². The van der Waals surface area contributed by atoms with Crippen LogP contribution in [0.4, 0.5) is 8.78 Å². The zero-order chi connectivity index (χ0) is 21.7. The number of rotatable bonds is 3. The maximum Gasteiger partial charge on any atom is 0.274 e. The van der Waals surface area contributed by atoms with Gasteiger partial charge in [0, 0.05) is 18.5 Å². The molecule has 3 heterocycles. The highest BCUT2D eigenvalue weighted by atomic mass is 32.1. The van der Waals surface area contributed by atoms with E-state index in [9.17, 15) is 18.7 Å². The molecule has 1 aliphatic heterocycles. The zero-order valence-electron chi connectivity index (χ0n) is 16.5. The van der Waals surface area contributed by atoms with Gasteiger partial charge in [-0.25, -0.2) is 13.8 Å². The fourth-order valence-corrected chi connectivity index (χ4v) is 4.89. The summed E-state index contributed by atoms with van der Waals surface area (Å²) < 4.78 is 27.4. The van der Waals surface area contributed by atoms with Gasteiger partial charge in [-0.05, 0) is 36.6 Å². The number of halogens is 2. The van der Waals surface area contributed by atoms with Crippen molar-refractivity contribution in [2.45, 2.75) is 19.4 Å². The lowest BCUT2D eigenvalue weighted by Crippen LogP contribution is -2.30. The highest BCUT2D eigenvalue weighted by Gasteiger charge is 2.30. The Balaban J connectivity index is 1.66. The third-order valence-electron chi connectivity index (χ3n) is 5.46. The molecule has 0 aliphatic carbocycles. The molecule has 31 heavy (non-hydrogen) atoms. The minimum atomic E-state index is -0.995. The summed E-state index contributed by atoms with van der Waals surface area (Å²) in [6.07, 6.45) is -0.0819. The Morgan fingerprint density at radius 2 is 2.10 bits per heavy atom. The Morgan fingerprint density at radius 1 is 1.26 bits per heavy atom. The number of nitrogens with zero attached hydrogens (tertiary/aromatic N) is 3. The highest BCUT2D eigenvalue weighted by molar-refractivity contribution is 7.18. The van der Waals surface area contributed by atoms with E-state index in [0.29, 0.717) is 34.1 Å². The number of amides is 1. The van der Waals surface area contributed by atoms with Crippen LogP contribution in [0.5, 0.6) is 0 Å². The van der Waals surface area contributed by atoms with Gasteiger partial charge in [0.2, 0.25) is 0 Å². The lowest BCUT2D eigenvalue weighted by Gasteiger charge is -2.14. The van der Waals surface area contributed by atoms with E-state index in [2.05, 4.69) is 15.2 Å². The molecule has 4 aromatic rings. The van der Waals surface area contributed by atoms with Crippen LogP contribution < -0.4 is 0 Å². The number of aliphatic hydroxyl groups excluding tert-OH is 1. The number of aliphatic hydroxyl groups is 1. The first-order valence-electron chi connectivity index (χ1n) is 9.80. The molecule has 1 unspecified atom stereocenters. The lowest BCUT2D eigenvalue weighted by atomic mass is 10.1. The van der Waals surface area contributed by atoms with Gasteiger partial charge in [0.1, 0.15) is 16.4 Å². The van der Waals surface area contributed by atoms with Crippen molar-refractivity contribution in [3.8, 4) is 21.1 Å². The minimum absolute atomic E-state index is 0.149. The number of carbonyl (C=O) groups excluding carboxylic acids is 1. The van der Waals surface area contributed by atoms with Crippen molar-refractivity contribution < 1.29 is 18.7 Å². The third kappa shape index (κ3) is 3.39. The van der Waals surface area contributed by atoms with Crippen LogP contribution in [0.25, 0.3) is 32.0 Å². The Kier molecular flexibility index (Phi) is 4.79. The molecule has 6 nitrogen and oxygen atoms in total. The molecular weight excluding hydrogens is 422 g/mol. The molecule has 0 radical (unpaired) electrons. The summed E-state index contributed by atoms with van der Waals surface area (Å²) in [5, 5.41) is 18.6. The summed E-state index contributed by atoms with van der Waals surface area (Å²) in [7, 11) is 0. The molecule has 1 amide bonds. The van der Waals surface area contributed by atoms with Crippen LogP contribution in [0.3, 0.4) is 0 Å². The van der Waals surface area contributed by atoms with E-state index in [1.165, 1.54) is 22.3 Å². The second-order valence-electron chi connectivity index (χ2n) is 7.59. The highest BCUT2D eigenvalue weighted by Crippen LogP contribution is 2.38. The van der Waals surface area contributed by atoms with E-state index in [0.717, 1.165) is 28.6 Å². The van der Waals surface area contributed by atoms with Gasteiger partial charge in [-0.2, -0.15) is 5.10 Å². The fourth-order valence-electron chi connectivity index (χ4n) is 3.83.